The minimum atomic E-state index is -0.270. The summed E-state index contributed by atoms with van der Waals surface area (Å²) in [6.07, 6.45) is 7.49. The lowest BCUT2D eigenvalue weighted by Crippen LogP contribution is -2.62. The summed E-state index contributed by atoms with van der Waals surface area (Å²) in [6, 6.07) is 5.15. The molecule has 2 atom stereocenters. The number of anilines is 1. The smallest absolute Gasteiger partial charge is 0.147 e. The lowest BCUT2D eigenvalue weighted by molar-refractivity contribution is -0.134. The number of ether oxygens (including phenoxy) is 1. The first-order chi connectivity index (χ1) is 10.2. The van der Waals surface area contributed by atoms with Gasteiger partial charge in [0.05, 0.1) is 11.8 Å². The summed E-state index contributed by atoms with van der Waals surface area (Å²) in [5, 5.41) is 3.85. The molecule has 1 spiro atoms. The molecule has 2 saturated carbocycles. The molecule has 3 rings (SSSR count). The fraction of sp³-hybridized carbons (Fsp3) is 0.647. The third-order valence-electron chi connectivity index (χ3n) is 5.20. The van der Waals surface area contributed by atoms with Gasteiger partial charge in [0.15, 0.2) is 0 Å². The number of hydrogen-bond donors (Lipinski definition) is 1. The molecule has 0 aliphatic heterocycles. The Morgan fingerprint density at radius 2 is 2.10 bits per heavy atom. The maximum atomic E-state index is 14.0. The Balaban J connectivity index is 1.75. The van der Waals surface area contributed by atoms with Crippen molar-refractivity contribution < 1.29 is 9.13 Å². The first-order valence-electron chi connectivity index (χ1n) is 7.99. The molecule has 0 aromatic heterocycles. The predicted molar refractivity (Wildman–Crippen MR) is 84.4 cm³/mol. The van der Waals surface area contributed by atoms with E-state index in [0.29, 0.717) is 22.9 Å². The van der Waals surface area contributed by atoms with Gasteiger partial charge in [-0.15, -0.1) is 0 Å². The van der Waals surface area contributed by atoms with E-state index < -0.39 is 0 Å². The van der Waals surface area contributed by atoms with Crippen molar-refractivity contribution in [3.05, 3.63) is 29.0 Å². The summed E-state index contributed by atoms with van der Waals surface area (Å²) in [6.45, 7) is 2.81. The molecule has 0 saturated heterocycles. The van der Waals surface area contributed by atoms with Crippen LogP contribution in [0.2, 0.25) is 5.02 Å². The Labute approximate surface area is 131 Å². The summed E-state index contributed by atoms with van der Waals surface area (Å²) in [7, 11) is 0. The lowest BCUT2D eigenvalue weighted by atomic mass is 9.55. The maximum Gasteiger partial charge on any atom is 0.147 e. The highest BCUT2D eigenvalue weighted by molar-refractivity contribution is 6.30. The van der Waals surface area contributed by atoms with E-state index in [0.717, 1.165) is 13.0 Å². The van der Waals surface area contributed by atoms with Gasteiger partial charge in [-0.25, -0.2) is 4.39 Å². The average Bonchev–Trinajstić information content (AvgIpc) is 2.49. The van der Waals surface area contributed by atoms with Crippen LogP contribution >= 0.6 is 11.6 Å². The highest BCUT2D eigenvalue weighted by Gasteiger charge is 2.55. The van der Waals surface area contributed by atoms with Crippen LogP contribution in [0.15, 0.2) is 18.2 Å². The van der Waals surface area contributed by atoms with E-state index in [1.165, 1.54) is 38.2 Å². The van der Waals surface area contributed by atoms with Gasteiger partial charge in [0, 0.05) is 23.1 Å². The van der Waals surface area contributed by atoms with E-state index in [4.69, 9.17) is 16.3 Å². The van der Waals surface area contributed by atoms with Gasteiger partial charge in [0.1, 0.15) is 5.82 Å². The summed E-state index contributed by atoms with van der Waals surface area (Å²) in [4.78, 5) is 0. The van der Waals surface area contributed by atoms with Crippen molar-refractivity contribution in [3.63, 3.8) is 0 Å². The van der Waals surface area contributed by atoms with Gasteiger partial charge in [-0.05, 0) is 44.4 Å². The van der Waals surface area contributed by atoms with Crippen molar-refractivity contribution in [2.75, 3.05) is 11.9 Å². The van der Waals surface area contributed by atoms with Crippen LogP contribution < -0.4 is 5.32 Å². The topological polar surface area (TPSA) is 21.3 Å². The van der Waals surface area contributed by atoms with Crippen LogP contribution in [0, 0.1) is 11.2 Å². The zero-order valence-corrected chi connectivity index (χ0v) is 13.3. The average molecular weight is 312 g/mol. The molecule has 21 heavy (non-hydrogen) atoms. The van der Waals surface area contributed by atoms with Crippen molar-refractivity contribution >= 4 is 17.3 Å². The fourth-order valence-corrected chi connectivity index (χ4v) is 4.22. The lowest BCUT2D eigenvalue weighted by Gasteiger charge is -2.58. The van der Waals surface area contributed by atoms with E-state index in [1.807, 2.05) is 0 Å². The van der Waals surface area contributed by atoms with Gasteiger partial charge in [-0.2, -0.15) is 0 Å². The van der Waals surface area contributed by atoms with Crippen LogP contribution in [0.5, 0.6) is 0 Å². The molecule has 1 aromatic carbocycles. The van der Waals surface area contributed by atoms with Gasteiger partial charge in [-0.1, -0.05) is 30.9 Å². The number of nitrogens with one attached hydrogen (secondary N) is 1. The molecule has 2 aliphatic carbocycles. The molecule has 0 amide bonds. The van der Waals surface area contributed by atoms with Crippen molar-refractivity contribution in [3.8, 4) is 0 Å². The second-order valence-electron chi connectivity index (χ2n) is 6.29. The molecular formula is C17H23ClFNO. The SMILES string of the molecule is CCOC1CC(Nc2ccc(Cl)cc2F)C12CCCCC2. The molecule has 2 unspecified atom stereocenters. The van der Waals surface area contributed by atoms with Crippen LogP contribution in [-0.4, -0.2) is 18.8 Å². The van der Waals surface area contributed by atoms with E-state index in [-0.39, 0.29) is 11.2 Å². The van der Waals surface area contributed by atoms with E-state index in [2.05, 4.69) is 12.2 Å². The third-order valence-corrected chi connectivity index (χ3v) is 5.43. The minimum Gasteiger partial charge on any atom is -0.379 e. The highest BCUT2D eigenvalue weighted by atomic mass is 35.5. The second kappa shape index (κ2) is 6.13. The maximum absolute atomic E-state index is 14.0. The minimum absolute atomic E-state index is 0.195. The number of halogens is 2. The zero-order valence-electron chi connectivity index (χ0n) is 12.5. The molecular weight excluding hydrogens is 289 g/mol. The molecule has 116 valence electrons. The fourth-order valence-electron chi connectivity index (χ4n) is 4.06. The Kier molecular flexibility index (Phi) is 4.41. The molecule has 1 aromatic rings. The van der Waals surface area contributed by atoms with Crippen molar-refractivity contribution in [2.45, 2.75) is 57.6 Å². The zero-order chi connectivity index (χ0) is 14.9. The van der Waals surface area contributed by atoms with Crippen molar-refractivity contribution in [1.29, 1.82) is 0 Å². The Hall–Kier alpha value is -0.800. The van der Waals surface area contributed by atoms with Gasteiger partial charge in [0.2, 0.25) is 0 Å². The summed E-state index contributed by atoms with van der Waals surface area (Å²) >= 11 is 5.82. The number of rotatable bonds is 4. The first-order valence-corrected chi connectivity index (χ1v) is 8.37. The largest absolute Gasteiger partial charge is 0.379 e. The molecule has 0 radical (unpaired) electrons. The van der Waals surface area contributed by atoms with Crippen LogP contribution in [-0.2, 0) is 4.74 Å². The number of hydrogen-bond acceptors (Lipinski definition) is 2. The summed E-state index contributed by atoms with van der Waals surface area (Å²) in [5.74, 6) is -0.270. The second-order valence-corrected chi connectivity index (χ2v) is 6.73. The molecule has 2 aliphatic rings. The van der Waals surface area contributed by atoms with Gasteiger partial charge in [-0.3, -0.25) is 0 Å². The Bertz CT molecular complexity index is 502. The summed E-state index contributed by atoms with van der Waals surface area (Å²) in [5.41, 5.74) is 0.754. The van der Waals surface area contributed by atoms with Crippen molar-refractivity contribution in [2.24, 2.45) is 5.41 Å². The standard InChI is InChI=1S/C17H23ClFNO/c1-2-21-16-11-15(17(16)8-4-3-5-9-17)20-14-7-6-12(18)10-13(14)19/h6-7,10,15-16,20H,2-5,8-9,11H2,1H3. The Morgan fingerprint density at radius 1 is 1.33 bits per heavy atom. The normalized spacial score (nSPS) is 27.4. The van der Waals surface area contributed by atoms with Crippen LogP contribution in [0.25, 0.3) is 0 Å². The number of benzene rings is 1. The Morgan fingerprint density at radius 3 is 2.76 bits per heavy atom. The highest BCUT2D eigenvalue weighted by Crippen LogP contribution is 2.54. The molecule has 0 heterocycles. The van der Waals surface area contributed by atoms with Gasteiger partial charge in [0.25, 0.3) is 0 Å². The van der Waals surface area contributed by atoms with Crippen LogP contribution in [0.4, 0.5) is 10.1 Å². The van der Waals surface area contributed by atoms with Crippen LogP contribution in [0.3, 0.4) is 0 Å². The molecule has 1 N–H and O–H groups in total. The third kappa shape index (κ3) is 2.78. The van der Waals surface area contributed by atoms with Crippen LogP contribution in [0.1, 0.15) is 45.4 Å². The van der Waals surface area contributed by atoms with E-state index in [9.17, 15) is 4.39 Å². The molecule has 0 bridgehead atoms. The molecule has 2 fully saturated rings. The molecule has 2 nitrogen and oxygen atoms in total. The van der Waals surface area contributed by atoms with E-state index in [1.54, 1.807) is 12.1 Å². The van der Waals surface area contributed by atoms with Gasteiger partial charge < -0.3 is 10.1 Å². The predicted octanol–water partition coefficient (Wildman–Crippen LogP) is 5.02. The van der Waals surface area contributed by atoms with E-state index >= 15 is 0 Å². The van der Waals surface area contributed by atoms with Crippen molar-refractivity contribution in [1.82, 2.24) is 0 Å². The van der Waals surface area contributed by atoms with Gasteiger partial charge >= 0.3 is 0 Å². The monoisotopic (exact) mass is 311 g/mol. The summed E-state index contributed by atoms with van der Waals surface area (Å²) < 4.78 is 19.9. The first kappa shape index (κ1) is 15.1. The molecule has 4 heteroatoms. The quantitative estimate of drug-likeness (QED) is 0.843.